The molecule has 0 radical (unpaired) electrons. The van der Waals surface area contributed by atoms with Gasteiger partial charge < -0.3 is 14.4 Å². The number of hydrogen-bond acceptors (Lipinski definition) is 6. The summed E-state index contributed by atoms with van der Waals surface area (Å²) in [4.78, 5) is 28.1. The highest BCUT2D eigenvalue weighted by atomic mass is 32.2. The van der Waals surface area contributed by atoms with E-state index in [2.05, 4.69) is 0 Å². The fraction of sp³-hybridized carbons (Fsp3) is 0.385. The van der Waals surface area contributed by atoms with Crippen LogP contribution in [-0.2, 0) is 14.3 Å². The van der Waals surface area contributed by atoms with Crippen molar-refractivity contribution >= 4 is 34.1 Å². The Morgan fingerprint density at radius 2 is 1.72 bits per heavy atom. The number of esters is 1. The van der Waals surface area contributed by atoms with Gasteiger partial charge in [-0.05, 0) is 48.7 Å². The summed E-state index contributed by atoms with van der Waals surface area (Å²) in [6.07, 6.45) is 0.911. The van der Waals surface area contributed by atoms with Crippen molar-refractivity contribution in [3.8, 4) is 5.75 Å². The van der Waals surface area contributed by atoms with Crippen LogP contribution in [0.25, 0.3) is 5.57 Å². The first-order chi connectivity index (χ1) is 15.2. The van der Waals surface area contributed by atoms with Gasteiger partial charge in [-0.2, -0.15) is 0 Å². The van der Waals surface area contributed by atoms with Crippen LogP contribution in [0.1, 0.15) is 46.1 Å². The average Bonchev–Trinajstić information content (AvgIpc) is 3.12. The first-order valence-electron chi connectivity index (χ1n) is 10.8. The van der Waals surface area contributed by atoms with E-state index in [0.717, 1.165) is 22.6 Å². The average molecular weight is 454 g/mol. The zero-order valence-electron chi connectivity index (χ0n) is 19.4. The number of ether oxygens (including phenoxy) is 2. The van der Waals surface area contributed by atoms with Gasteiger partial charge in [-0.25, -0.2) is 4.79 Å². The number of benzene rings is 2. The van der Waals surface area contributed by atoms with Crippen molar-refractivity contribution in [3.05, 3.63) is 65.9 Å². The monoisotopic (exact) mass is 453 g/mol. The van der Waals surface area contributed by atoms with E-state index < -0.39 is 0 Å². The Morgan fingerprint density at radius 3 is 2.28 bits per heavy atom. The normalized spacial score (nSPS) is 16.3. The second-order valence-corrected chi connectivity index (χ2v) is 10.5. The summed E-state index contributed by atoms with van der Waals surface area (Å²) in [7, 11) is 1.62. The number of methoxy groups -OCH3 is 1. The van der Waals surface area contributed by atoms with Crippen LogP contribution >= 0.6 is 11.8 Å². The zero-order chi connectivity index (χ0) is 23.3. The largest absolute Gasteiger partial charge is 0.497 e. The smallest absolute Gasteiger partial charge is 0.355 e. The molecule has 170 valence electrons. The summed E-state index contributed by atoms with van der Waals surface area (Å²) in [5.41, 5.74) is 3.20. The lowest BCUT2D eigenvalue weighted by Gasteiger charge is -2.29. The second kappa shape index (κ2) is 10.3. The quantitative estimate of drug-likeness (QED) is 0.502. The van der Waals surface area contributed by atoms with Crippen LogP contribution in [0, 0.1) is 0 Å². The maximum absolute atomic E-state index is 13.2. The standard InChI is InChI=1S/C26H31NO4S/c1-6-31-25(29)24-22(18-10-8-7-9-11-18)16-20(17-23(28)32-26(2,3)4)27(24)19-12-14-21(30-5)15-13-19/h7-15,20H,6,16-17H2,1-5H3. The minimum Gasteiger partial charge on any atom is -0.497 e. The molecule has 0 spiro atoms. The van der Waals surface area contributed by atoms with E-state index in [1.54, 1.807) is 14.0 Å². The summed E-state index contributed by atoms with van der Waals surface area (Å²) >= 11 is 1.34. The first kappa shape index (κ1) is 23.9. The molecule has 1 aliphatic heterocycles. The van der Waals surface area contributed by atoms with E-state index in [4.69, 9.17) is 9.47 Å². The van der Waals surface area contributed by atoms with E-state index >= 15 is 0 Å². The lowest BCUT2D eigenvalue weighted by Crippen LogP contribution is -2.35. The molecule has 0 N–H and O–H groups in total. The third-order valence-corrected chi connectivity index (χ3v) is 6.10. The van der Waals surface area contributed by atoms with E-state index in [1.807, 2.05) is 80.3 Å². The molecule has 6 heteroatoms. The predicted octanol–water partition coefficient (Wildman–Crippen LogP) is 5.70. The van der Waals surface area contributed by atoms with Gasteiger partial charge in [0.05, 0.1) is 13.7 Å². The Bertz CT molecular complexity index is 977. The molecule has 0 saturated heterocycles. The molecule has 0 aromatic heterocycles. The van der Waals surface area contributed by atoms with Crippen LogP contribution in [0.15, 0.2) is 60.3 Å². The van der Waals surface area contributed by atoms with Crippen molar-refractivity contribution in [2.45, 2.75) is 51.3 Å². The number of carbonyl (C=O) groups is 2. The van der Waals surface area contributed by atoms with Gasteiger partial charge in [-0.15, -0.1) is 0 Å². The van der Waals surface area contributed by atoms with Crippen LogP contribution in [0.3, 0.4) is 0 Å². The van der Waals surface area contributed by atoms with Crippen molar-refractivity contribution in [2.24, 2.45) is 0 Å². The third kappa shape index (κ3) is 5.74. The number of nitrogens with zero attached hydrogens (tertiary/aromatic N) is 1. The number of hydrogen-bond donors (Lipinski definition) is 0. The van der Waals surface area contributed by atoms with E-state index in [1.165, 1.54) is 11.8 Å². The molecule has 1 heterocycles. The maximum atomic E-state index is 13.2. The highest BCUT2D eigenvalue weighted by Gasteiger charge is 2.39. The number of anilines is 1. The summed E-state index contributed by atoms with van der Waals surface area (Å²) in [5, 5.41) is 0.110. The molecule has 0 fully saturated rings. The molecule has 1 atom stereocenters. The van der Waals surface area contributed by atoms with Gasteiger partial charge in [-0.3, -0.25) is 4.79 Å². The molecule has 1 unspecified atom stereocenters. The summed E-state index contributed by atoms with van der Waals surface area (Å²) < 4.78 is 10.6. The molecular weight excluding hydrogens is 422 g/mol. The molecule has 0 amide bonds. The molecule has 2 aromatic rings. The van der Waals surface area contributed by atoms with Crippen LogP contribution in [0.5, 0.6) is 5.75 Å². The fourth-order valence-corrected chi connectivity index (χ4v) is 4.85. The van der Waals surface area contributed by atoms with Gasteiger partial charge in [0.1, 0.15) is 11.4 Å². The van der Waals surface area contributed by atoms with Gasteiger partial charge in [0, 0.05) is 22.9 Å². The van der Waals surface area contributed by atoms with E-state index in [9.17, 15) is 9.59 Å². The van der Waals surface area contributed by atoms with E-state index in [-0.39, 0.29) is 28.5 Å². The minimum atomic E-state index is -0.374. The van der Waals surface area contributed by atoms with Crippen molar-refractivity contribution in [1.82, 2.24) is 0 Å². The van der Waals surface area contributed by atoms with Crippen LogP contribution in [0.2, 0.25) is 0 Å². The predicted molar refractivity (Wildman–Crippen MR) is 131 cm³/mol. The van der Waals surface area contributed by atoms with Gasteiger partial charge in [0.25, 0.3) is 0 Å². The summed E-state index contributed by atoms with van der Waals surface area (Å²) in [6, 6.07) is 17.2. The highest BCUT2D eigenvalue weighted by molar-refractivity contribution is 8.14. The van der Waals surface area contributed by atoms with Crippen molar-refractivity contribution in [2.75, 3.05) is 18.6 Å². The van der Waals surface area contributed by atoms with Crippen molar-refractivity contribution in [1.29, 1.82) is 0 Å². The first-order valence-corrected chi connectivity index (χ1v) is 11.7. The van der Waals surface area contributed by atoms with Crippen LogP contribution in [0.4, 0.5) is 5.69 Å². The third-order valence-electron chi connectivity index (χ3n) is 5.10. The zero-order valence-corrected chi connectivity index (χ0v) is 20.2. The molecule has 2 aromatic carbocycles. The van der Waals surface area contributed by atoms with Gasteiger partial charge in [0.2, 0.25) is 0 Å². The molecule has 3 rings (SSSR count). The fourth-order valence-electron chi connectivity index (χ4n) is 3.89. The Morgan fingerprint density at radius 1 is 1.06 bits per heavy atom. The van der Waals surface area contributed by atoms with Crippen LogP contribution in [-0.4, -0.2) is 35.6 Å². The Hall–Kier alpha value is -2.73. The Kier molecular flexibility index (Phi) is 7.67. The van der Waals surface area contributed by atoms with Gasteiger partial charge in [0.15, 0.2) is 5.12 Å². The topological polar surface area (TPSA) is 55.8 Å². The maximum Gasteiger partial charge on any atom is 0.355 e. The molecule has 1 aliphatic rings. The number of carbonyl (C=O) groups excluding carboxylic acids is 2. The Labute approximate surface area is 194 Å². The Balaban J connectivity index is 2.07. The summed E-state index contributed by atoms with van der Waals surface area (Å²) in [5.74, 6) is 0.356. The number of rotatable bonds is 7. The molecule has 0 bridgehead atoms. The van der Waals surface area contributed by atoms with Gasteiger partial charge in [-0.1, -0.05) is 62.9 Å². The lowest BCUT2D eigenvalue weighted by atomic mass is 10.00. The second-order valence-electron chi connectivity index (χ2n) is 8.63. The highest BCUT2D eigenvalue weighted by Crippen LogP contribution is 2.42. The minimum absolute atomic E-state index is 0.110. The molecule has 32 heavy (non-hydrogen) atoms. The molecule has 5 nitrogen and oxygen atoms in total. The summed E-state index contributed by atoms with van der Waals surface area (Å²) in [6.45, 7) is 8.17. The SMILES string of the molecule is CCOC(=O)C1=C(c2ccccc2)CC(CC(=O)SC(C)(C)C)N1c1ccc(OC)cc1. The molecule has 0 aliphatic carbocycles. The number of thioether (sulfide) groups is 1. The molecular formula is C26H31NO4S. The van der Waals surface area contributed by atoms with Crippen LogP contribution < -0.4 is 9.64 Å². The van der Waals surface area contributed by atoms with Crippen molar-refractivity contribution < 1.29 is 19.1 Å². The van der Waals surface area contributed by atoms with Gasteiger partial charge >= 0.3 is 5.97 Å². The van der Waals surface area contributed by atoms with Crippen molar-refractivity contribution in [3.63, 3.8) is 0 Å². The van der Waals surface area contributed by atoms with E-state index in [0.29, 0.717) is 18.5 Å². The molecule has 0 saturated carbocycles. The lowest BCUT2D eigenvalue weighted by molar-refractivity contribution is -0.138.